The van der Waals surface area contributed by atoms with Gasteiger partial charge in [-0.3, -0.25) is 0 Å². The van der Waals surface area contributed by atoms with Crippen LogP contribution in [-0.2, 0) is 4.74 Å². The molecule has 138 valence electrons. The number of benzene rings is 2. The summed E-state index contributed by atoms with van der Waals surface area (Å²) in [5, 5.41) is 6.37. The minimum absolute atomic E-state index is 0.386. The van der Waals surface area contributed by atoms with Crippen LogP contribution < -0.4 is 16.4 Å². The Morgan fingerprint density at radius 1 is 0.926 bits per heavy atom. The fraction of sp³-hybridized carbons (Fsp3) is 0.150. The third kappa shape index (κ3) is 4.33. The third-order valence-electron chi connectivity index (χ3n) is 3.94. The predicted molar refractivity (Wildman–Crippen MR) is 107 cm³/mol. The maximum atomic E-state index is 11.5. The Balaban J connectivity index is 1.81. The summed E-state index contributed by atoms with van der Waals surface area (Å²) in [5.41, 5.74) is 11.0. The highest BCUT2D eigenvalue weighted by Crippen LogP contribution is 2.28. The van der Waals surface area contributed by atoms with E-state index in [1.165, 1.54) is 13.4 Å². The molecule has 0 aliphatic heterocycles. The number of nitrogens with two attached hydrogens (primary N) is 1. The normalized spacial score (nSPS) is 10.3. The summed E-state index contributed by atoms with van der Waals surface area (Å²) >= 11 is 0. The first-order valence-corrected chi connectivity index (χ1v) is 8.37. The van der Waals surface area contributed by atoms with E-state index >= 15 is 0 Å². The molecule has 4 N–H and O–H groups in total. The van der Waals surface area contributed by atoms with Gasteiger partial charge in [0, 0.05) is 11.4 Å². The van der Waals surface area contributed by atoms with E-state index in [4.69, 9.17) is 10.5 Å². The van der Waals surface area contributed by atoms with Gasteiger partial charge in [0.1, 0.15) is 12.0 Å². The number of aromatic nitrogens is 2. The number of methoxy groups -OCH3 is 1. The summed E-state index contributed by atoms with van der Waals surface area (Å²) in [4.78, 5) is 20.0. The lowest BCUT2D eigenvalue weighted by molar-refractivity contribution is 0.0601. The van der Waals surface area contributed by atoms with Gasteiger partial charge in [-0.05, 0) is 61.4 Å². The van der Waals surface area contributed by atoms with Crippen molar-refractivity contribution in [3.63, 3.8) is 0 Å². The smallest absolute Gasteiger partial charge is 0.337 e. The Labute approximate surface area is 157 Å². The van der Waals surface area contributed by atoms with Crippen molar-refractivity contribution in [2.24, 2.45) is 0 Å². The number of carbonyl (C=O) groups is 1. The molecular weight excluding hydrogens is 342 g/mol. The molecule has 0 aliphatic carbocycles. The van der Waals surface area contributed by atoms with Gasteiger partial charge in [-0.1, -0.05) is 6.07 Å². The average molecular weight is 363 g/mol. The summed E-state index contributed by atoms with van der Waals surface area (Å²) in [7, 11) is 1.35. The minimum Gasteiger partial charge on any atom is -0.465 e. The second-order valence-corrected chi connectivity index (χ2v) is 6.18. The highest BCUT2D eigenvalue weighted by molar-refractivity contribution is 5.90. The van der Waals surface area contributed by atoms with E-state index in [1.807, 2.05) is 26.0 Å². The molecule has 7 heteroatoms. The number of hydrogen-bond donors (Lipinski definition) is 3. The predicted octanol–water partition coefficient (Wildman–Crippen LogP) is 3.95. The van der Waals surface area contributed by atoms with Crippen LogP contribution in [0.4, 0.5) is 28.7 Å². The van der Waals surface area contributed by atoms with Crippen LogP contribution in [0, 0.1) is 13.8 Å². The van der Waals surface area contributed by atoms with Crippen molar-refractivity contribution in [2.75, 3.05) is 23.5 Å². The fourth-order valence-electron chi connectivity index (χ4n) is 2.72. The summed E-state index contributed by atoms with van der Waals surface area (Å²) < 4.78 is 4.69. The van der Waals surface area contributed by atoms with Gasteiger partial charge in [-0.2, -0.15) is 0 Å². The molecule has 0 unspecified atom stereocenters. The number of anilines is 5. The molecule has 1 heterocycles. The Bertz CT molecular complexity index is 950. The van der Waals surface area contributed by atoms with Crippen molar-refractivity contribution in [3.8, 4) is 0 Å². The Morgan fingerprint density at radius 2 is 1.48 bits per heavy atom. The van der Waals surface area contributed by atoms with Gasteiger partial charge < -0.3 is 21.1 Å². The molecule has 0 spiro atoms. The first-order valence-electron chi connectivity index (χ1n) is 8.37. The summed E-state index contributed by atoms with van der Waals surface area (Å²) in [6.07, 6.45) is 1.44. The maximum absolute atomic E-state index is 11.5. The number of nitrogens with one attached hydrogen (secondary N) is 2. The Morgan fingerprint density at radius 3 is 2.04 bits per heavy atom. The van der Waals surface area contributed by atoms with Gasteiger partial charge in [0.05, 0.1) is 12.7 Å². The molecular formula is C20H21N5O2. The van der Waals surface area contributed by atoms with E-state index in [9.17, 15) is 4.79 Å². The van der Waals surface area contributed by atoms with Crippen LogP contribution in [0.15, 0.2) is 48.8 Å². The molecule has 0 bridgehead atoms. The number of aryl methyl sites for hydroxylation is 2. The standard InChI is InChI=1S/C20H21N5O2/c1-12-8-13(2)10-16(9-12)25-19-17(21)18(22-11-23-19)24-15-6-4-14(5-7-15)20(26)27-3/h4-11H,21H2,1-3H3,(H2,22,23,24,25). The molecule has 7 nitrogen and oxygen atoms in total. The van der Waals surface area contributed by atoms with E-state index < -0.39 is 0 Å². The first-order chi connectivity index (χ1) is 13.0. The van der Waals surface area contributed by atoms with E-state index in [0.29, 0.717) is 22.9 Å². The number of ether oxygens (including phenoxy) is 1. The molecule has 0 saturated carbocycles. The van der Waals surface area contributed by atoms with Crippen molar-refractivity contribution < 1.29 is 9.53 Å². The van der Waals surface area contributed by atoms with Crippen LogP contribution in [0.5, 0.6) is 0 Å². The molecule has 3 rings (SSSR count). The number of esters is 1. The highest BCUT2D eigenvalue weighted by Gasteiger charge is 2.10. The zero-order valence-electron chi connectivity index (χ0n) is 15.4. The van der Waals surface area contributed by atoms with Crippen molar-refractivity contribution in [3.05, 3.63) is 65.5 Å². The molecule has 0 fully saturated rings. The van der Waals surface area contributed by atoms with E-state index in [-0.39, 0.29) is 5.97 Å². The molecule has 0 amide bonds. The third-order valence-corrected chi connectivity index (χ3v) is 3.94. The summed E-state index contributed by atoms with van der Waals surface area (Å²) in [5.74, 6) is 0.606. The van der Waals surface area contributed by atoms with Crippen molar-refractivity contribution in [1.29, 1.82) is 0 Å². The minimum atomic E-state index is -0.386. The van der Waals surface area contributed by atoms with E-state index in [2.05, 4.69) is 26.7 Å². The first kappa shape index (κ1) is 18.2. The number of nitrogen functional groups attached to an aromatic ring is 1. The topological polar surface area (TPSA) is 102 Å². The van der Waals surface area contributed by atoms with E-state index in [0.717, 1.165) is 22.5 Å². The van der Waals surface area contributed by atoms with Crippen LogP contribution in [-0.4, -0.2) is 23.0 Å². The zero-order chi connectivity index (χ0) is 19.4. The quantitative estimate of drug-likeness (QED) is 0.590. The largest absolute Gasteiger partial charge is 0.465 e. The van der Waals surface area contributed by atoms with Crippen molar-refractivity contribution in [1.82, 2.24) is 9.97 Å². The van der Waals surface area contributed by atoms with Gasteiger partial charge in [-0.25, -0.2) is 14.8 Å². The number of rotatable bonds is 5. The molecule has 0 radical (unpaired) electrons. The van der Waals surface area contributed by atoms with Gasteiger partial charge >= 0.3 is 5.97 Å². The molecule has 27 heavy (non-hydrogen) atoms. The van der Waals surface area contributed by atoms with Crippen molar-refractivity contribution in [2.45, 2.75) is 13.8 Å². The number of nitrogens with zero attached hydrogens (tertiary/aromatic N) is 2. The van der Waals surface area contributed by atoms with Crippen LogP contribution in [0.25, 0.3) is 0 Å². The Hall–Kier alpha value is -3.61. The number of carbonyl (C=O) groups excluding carboxylic acids is 1. The molecule has 0 saturated heterocycles. The number of hydrogen-bond acceptors (Lipinski definition) is 7. The molecule has 0 atom stereocenters. The van der Waals surface area contributed by atoms with Crippen LogP contribution >= 0.6 is 0 Å². The van der Waals surface area contributed by atoms with Crippen molar-refractivity contribution >= 4 is 34.7 Å². The second kappa shape index (κ2) is 7.74. The van der Waals surface area contributed by atoms with Gasteiger partial charge in [-0.15, -0.1) is 0 Å². The lowest BCUT2D eigenvalue weighted by Gasteiger charge is -2.13. The lowest BCUT2D eigenvalue weighted by atomic mass is 10.1. The van der Waals surface area contributed by atoms with Crippen LogP contribution in [0.1, 0.15) is 21.5 Å². The monoisotopic (exact) mass is 363 g/mol. The highest BCUT2D eigenvalue weighted by atomic mass is 16.5. The SMILES string of the molecule is COC(=O)c1ccc(Nc2ncnc(Nc3cc(C)cc(C)c3)c2N)cc1. The molecule has 1 aromatic heterocycles. The molecule has 0 aliphatic rings. The maximum Gasteiger partial charge on any atom is 0.337 e. The molecule has 2 aromatic carbocycles. The Kier molecular flexibility index (Phi) is 5.21. The average Bonchev–Trinajstić information content (AvgIpc) is 2.64. The van der Waals surface area contributed by atoms with Crippen LogP contribution in [0.3, 0.4) is 0 Å². The molecule has 3 aromatic rings. The van der Waals surface area contributed by atoms with Crippen LogP contribution in [0.2, 0.25) is 0 Å². The summed E-state index contributed by atoms with van der Waals surface area (Å²) in [6.45, 7) is 4.07. The van der Waals surface area contributed by atoms with Gasteiger partial charge in [0.25, 0.3) is 0 Å². The second-order valence-electron chi connectivity index (χ2n) is 6.18. The van der Waals surface area contributed by atoms with E-state index in [1.54, 1.807) is 24.3 Å². The fourth-order valence-corrected chi connectivity index (χ4v) is 2.72. The zero-order valence-corrected chi connectivity index (χ0v) is 15.4. The lowest BCUT2D eigenvalue weighted by Crippen LogP contribution is -2.06. The van der Waals surface area contributed by atoms with Gasteiger partial charge in [0.15, 0.2) is 11.6 Å². The van der Waals surface area contributed by atoms with Gasteiger partial charge in [0.2, 0.25) is 0 Å². The summed E-state index contributed by atoms with van der Waals surface area (Å²) in [6, 6.07) is 13.0.